The summed E-state index contributed by atoms with van der Waals surface area (Å²) in [5.41, 5.74) is 5.59. The Bertz CT molecular complexity index is 120. The highest BCUT2D eigenvalue weighted by Crippen LogP contribution is 1.97. The molecule has 0 aliphatic heterocycles. The number of hydrogen-bond donors (Lipinski definition) is 1. The van der Waals surface area contributed by atoms with Crippen molar-refractivity contribution < 1.29 is 4.74 Å². The molecule has 3 heteroatoms. The maximum atomic E-state index is 5.59. The second-order valence-electron chi connectivity index (χ2n) is 3.85. The monoisotopic (exact) mass is 202 g/mol. The Kier molecular flexibility index (Phi) is 9.35. The molecule has 0 aromatic carbocycles. The quantitative estimate of drug-likeness (QED) is 0.573. The molecule has 0 aromatic heterocycles. The molecule has 0 bridgehead atoms. The van der Waals surface area contributed by atoms with Gasteiger partial charge in [0, 0.05) is 19.7 Å². The zero-order valence-electron chi connectivity index (χ0n) is 9.96. The van der Waals surface area contributed by atoms with E-state index >= 15 is 0 Å². The number of ether oxygens (including phenoxy) is 1. The molecule has 14 heavy (non-hydrogen) atoms. The summed E-state index contributed by atoms with van der Waals surface area (Å²) >= 11 is 0. The normalized spacial score (nSPS) is 13.5. The molecular formula is C11H26N2O. The molecule has 0 fully saturated rings. The highest BCUT2D eigenvalue weighted by atomic mass is 16.5. The van der Waals surface area contributed by atoms with Gasteiger partial charge in [0.05, 0.1) is 6.61 Å². The average Bonchev–Trinajstić information content (AvgIpc) is 2.22. The number of nitrogens with zero attached hydrogens (tertiary/aromatic N) is 1. The zero-order chi connectivity index (χ0) is 10.8. The Morgan fingerprint density at radius 2 is 2.00 bits per heavy atom. The average molecular weight is 202 g/mol. The molecule has 0 amide bonds. The third-order valence-corrected chi connectivity index (χ3v) is 2.32. The molecule has 0 aromatic rings. The molecule has 0 aliphatic carbocycles. The van der Waals surface area contributed by atoms with Crippen LogP contribution in [0.1, 0.15) is 27.2 Å². The fourth-order valence-corrected chi connectivity index (χ4v) is 1.33. The summed E-state index contributed by atoms with van der Waals surface area (Å²) in [4.78, 5) is 2.40. The van der Waals surface area contributed by atoms with Crippen LogP contribution in [-0.4, -0.2) is 44.3 Å². The molecule has 0 saturated carbocycles. The summed E-state index contributed by atoms with van der Waals surface area (Å²) in [6.45, 7) is 12.2. The number of nitrogens with two attached hydrogens (primary N) is 1. The van der Waals surface area contributed by atoms with Crippen LogP contribution < -0.4 is 5.73 Å². The van der Waals surface area contributed by atoms with Crippen molar-refractivity contribution in [3.8, 4) is 0 Å². The minimum absolute atomic E-state index is 0.584. The lowest BCUT2D eigenvalue weighted by Gasteiger charge is -2.23. The van der Waals surface area contributed by atoms with Gasteiger partial charge in [0.1, 0.15) is 0 Å². The molecule has 2 N–H and O–H groups in total. The summed E-state index contributed by atoms with van der Waals surface area (Å²) in [6.07, 6.45) is 1.10. The van der Waals surface area contributed by atoms with Gasteiger partial charge in [-0.05, 0) is 25.4 Å². The van der Waals surface area contributed by atoms with Crippen molar-refractivity contribution in [1.82, 2.24) is 4.90 Å². The van der Waals surface area contributed by atoms with Gasteiger partial charge in [-0.1, -0.05) is 20.8 Å². The van der Waals surface area contributed by atoms with E-state index in [-0.39, 0.29) is 0 Å². The Hall–Kier alpha value is -0.120. The second kappa shape index (κ2) is 9.44. The molecule has 0 radical (unpaired) electrons. The van der Waals surface area contributed by atoms with Crippen LogP contribution in [0.5, 0.6) is 0 Å². The lowest BCUT2D eigenvalue weighted by molar-refractivity contribution is 0.101. The van der Waals surface area contributed by atoms with Crippen molar-refractivity contribution >= 4 is 0 Å². The van der Waals surface area contributed by atoms with Crippen LogP contribution in [0.3, 0.4) is 0 Å². The molecule has 1 atom stereocenters. The van der Waals surface area contributed by atoms with E-state index < -0.39 is 0 Å². The number of likely N-dealkylation sites (N-methyl/N-ethyl adjacent to an activating group) is 1. The van der Waals surface area contributed by atoms with Gasteiger partial charge >= 0.3 is 0 Å². The first-order valence-electron chi connectivity index (χ1n) is 5.74. The highest BCUT2D eigenvalue weighted by molar-refractivity contribution is 4.61. The van der Waals surface area contributed by atoms with Gasteiger partial charge in [-0.15, -0.1) is 0 Å². The molecule has 0 saturated heterocycles. The Morgan fingerprint density at radius 3 is 2.50 bits per heavy atom. The van der Waals surface area contributed by atoms with E-state index in [0.717, 1.165) is 45.8 Å². The Balaban J connectivity index is 3.47. The van der Waals surface area contributed by atoms with E-state index in [1.54, 1.807) is 0 Å². The summed E-state index contributed by atoms with van der Waals surface area (Å²) in [5, 5.41) is 0. The molecule has 0 heterocycles. The molecule has 0 rings (SSSR count). The van der Waals surface area contributed by atoms with Gasteiger partial charge in [0.15, 0.2) is 0 Å². The van der Waals surface area contributed by atoms with E-state index in [1.807, 2.05) is 0 Å². The lowest BCUT2D eigenvalue weighted by atomic mass is 10.2. The Labute approximate surface area is 88.6 Å². The number of rotatable bonds is 9. The van der Waals surface area contributed by atoms with E-state index in [9.17, 15) is 0 Å². The summed E-state index contributed by atoms with van der Waals surface area (Å²) in [6, 6.07) is 0. The second-order valence-corrected chi connectivity index (χ2v) is 3.85. The fourth-order valence-electron chi connectivity index (χ4n) is 1.33. The lowest BCUT2D eigenvalue weighted by Crippen LogP contribution is -2.34. The van der Waals surface area contributed by atoms with Crippen molar-refractivity contribution in [3.63, 3.8) is 0 Å². The predicted octanol–water partition coefficient (Wildman–Crippen LogP) is 1.33. The van der Waals surface area contributed by atoms with Crippen molar-refractivity contribution in [2.24, 2.45) is 11.7 Å². The minimum Gasteiger partial charge on any atom is -0.380 e. The molecule has 3 nitrogen and oxygen atoms in total. The van der Waals surface area contributed by atoms with E-state index in [2.05, 4.69) is 25.7 Å². The van der Waals surface area contributed by atoms with Gasteiger partial charge in [0.25, 0.3) is 0 Å². The van der Waals surface area contributed by atoms with Gasteiger partial charge in [-0.3, -0.25) is 0 Å². The molecule has 0 aliphatic rings. The van der Waals surface area contributed by atoms with Crippen LogP contribution in [0, 0.1) is 5.92 Å². The first-order chi connectivity index (χ1) is 6.74. The van der Waals surface area contributed by atoms with Crippen LogP contribution >= 0.6 is 0 Å². The summed E-state index contributed by atoms with van der Waals surface area (Å²) in [7, 11) is 0. The largest absolute Gasteiger partial charge is 0.380 e. The maximum absolute atomic E-state index is 5.59. The third kappa shape index (κ3) is 7.30. The summed E-state index contributed by atoms with van der Waals surface area (Å²) < 4.78 is 5.46. The SMILES string of the molecule is CCCOCCN(CC)CC(C)CN. The van der Waals surface area contributed by atoms with Crippen molar-refractivity contribution in [1.29, 1.82) is 0 Å². The molecular weight excluding hydrogens is 176 g/mol. The standard InChI is InChI=1S/C11H26N2O/c1-4-7-14-8-6-13(5-2)10-11(3)9-12/h11H,4-10,12H2,1-3H3. The van der Waals surface area contributed by atoms with Gasteiger partial charge in [-0.25, -0.2) is 0 Å². The maximum Gasteiger partial charge on any atom is 0.0593 e. The van der Waals surface area contributed by atoms with Crippen molar-refractivity contribution in [3.05, 3.63) is 0 Å². The zero-order valence-corrected chi connectivity index (χ0v) is 9.96. The Morgan fingerprint density at radius 1 is 1.29 bits per heavy atom. The fraction of sp³-hybridized carbons (Fsp3) is 1.00. The molecule has 1 unspecified atom stereocenters. The topological polar surface area (TPSA) is 38.5 Å². The third-order valence-electron chi connectivity index (χ3n) is 2.32. The number of hydrogen-bond acceptors (Lipinski definition) is 3. The van der Waals surface area contributed by atoms with Gasteiger partial charge in [-0.2, -0.15) is 0 Å². The predicted molar refractivity (Wildman–Crippen MR) is 61.4 cm³/mol. The first-order valence-corrected chi connectivity index (χ1v) is 5.74. The van der Waals surface area contributed by atoms with Gasteiger partial charge in [0.2, 0.25) is 0 Å². The van der Waals surface area contributed by atoms with Crippen molar-refractivity contribution in [2.45, 2.75) is 27.2 Å². The van der Waals surface area contributed by atoms with Crippen LogP contribution in [0.4, 0.5) is 0 Å². The van der Waals surface area contributed by atoms with E-state index in [1.165, 1.54) is 0 Å². The minimum atomic E-state index is 0.584. The smallest absolute Gasteiger partial charge is 0.0593 e. The van der Waals surface area contributed by atoms with E-state index in [4.69, 9.17) is 10.5 Å². The molecule has 86 valence electrons. The van der Waals surface area contributed by atoms with Gasteiger partial charge < -0.3 is 15.4 Å². The summed E-state index contributed by atoms with van der Waals surface area (Å²) in [5.74, 6) is 0.584. The van der Waals surface area contributed by atoms with Crippen molar-refractivity contribution in [2.75, 3.05) is 39.4 Å². The first kappa shape index (κ1) is 13.9. The van der Waals surface area contributed by atoms with Crippen LogP contribution in [-0.2, 0) is 4.74 Å². The van der Waals surface area contributed by atoms with Crippen LogP contribution in [0.2, 0.25) is 0 Å². The highest BCUT2D eigenvalue weighted by Gasteiger charge is 2.06. The van der Waals surface area contributed by atoms with E-state index in [0.29, 0.717) is 5.92 Å². The van der Waals surface area contributed by atoms with Crippen LogP contribution in [0.15, 0.2) is 0 Å². The molecule has 0 spiro atoms. The van der Waals surface area contributed by atoms with Crippen LogP contribution in [0.25, 0.3) is 0 Å².